The second kappa shape index (κ2) is 8.02. The summed E-state index contributed by atoms with van der Waals surface area (Å²) in [6, 6.07) is 15.1. The zero-order valence-corrected chi connectivity index (χ0v) is 16.9. The normalized spacial score (nSPS) is 13.4. The van der Waals surface area contributed by atoms with E-state index >= 15 is 0 Å². The van der Waals surface area contributed by atoms with Gasteiger partial charge in [-0.1, -0.05) is 48.5 Å². The molecule has 7 heteroatoms. The Morgan fingerprint density at radius 1 is 1.13 bits per heavy atom. The zero-order chi connectivity index (χ0) is 21.3. The number of amides is 1. The fourth-order valence-corrected chi connectivity index (χ4v) is 3.98. The summed E-state index contributed by atoms with van der Waals surface area (Å²) in [6.45, 7) is 0.146. The molecule has 1 N–H and O–H groups in total. The van der Waals surface area contributed by atoms with Crippen LogP contribution in [-0.4, -0.2) is 51.3 Å². The maximum atomic E-state index is 12.7. The van der Waals surface area contributed by atoms with Crippen molar-refractivity contribution >= 4 is 12.1 Å². The number of aryl methyl sites for hydroxylation is 1. The number of nitrogens with zero attached hydrogens (tertiary/aromatic N) is 3. The van der Waals surface area contributed by atoms with Gasteiger partial charge in [-0.15, -0.1) is 0 Å². The van der Waals surface area contributed by atoms with Crippen molar-refractivity contribution in [2.24, 2.45) is 7.05 Å². The Balaban J connectivity index is 1.48. The molecule has 0 radical (unpaired) electrons. The van der Waals surface area contributed by atoms with E-state index in [0.717, 1.165) is 27.2 Å². The summed E-state index contributed by atoms with van der Waals surface area (Å²) in [5.74, 6) is -1.18. The number of rotatable bonds is 6. The number of imidazole rings is 1. The van der Waals surface area contributed by atoms with Gasteiger partial charge in [-0.2, -0.15) is 0 Å². The highest BCUT2D eigenvalue weighted by Gasteiger charge is 2.32. The molecule has 2 aromatic carbocycles. The molecule has 1 aromatic heterocycles. The van der Waals surface area contributed by atoms with E-state index in [1.807, 2.05) is 43.4 Å². The fourth-order valence-electron chi connectivity index (χ4n) is 3.98. The lowest BCUT2D eigenvalue weighted by Crippen LogP contribution is -2.44. The van der Waals surface area contributed by atoms with E-state index in [-0.39, 0.29) is 18.9 Å². The summed E-state index contributed by atoms with van der Waals surface area (Å²) in [7, 11) is 3.25. The van der Waals surface area contributed by atoms with E-state index in [1.165, 1.54) is 7.05 Å². The second-order valence-electron chi connectivity index (χ2n) is 7.50. The van der Waals surface area contributed by atoms with E-state index in [9.17, 15) is 14.7 Å². The van der Waals surface area contributed by atoms with Gasteiger partial charge in [0.25, 0.3) is 0 Å². The lowest BCUT2D eigenvalue weighted by atomic mass is 9.98. The van der Waals surface area contributed by atoms with Crippen molar-refractivity contribution in [3.8, 4) is 11.1 Å². The Morgan fingerprint density at radius 3 is 2.27 bits per heavy atom. The van der Waals surface area contributed by atoms with Crippen LogP contribution in [0.5, 0.6) is 0 Å². The van der Waals surface area contributed by atoms with Crippen molar-refractivity contribution in [2.75, 3.05) is 13.7 Å². The van der Waals surface area contributed by atoms with E-state index < -0.39 is 18.1 Å². The van der Waals surface area contributed by atoms with Gasteiger partial charge in [0, 0.05) is 32.6 Å². The first-order valence-electron chi connectivity index (χ1n) is 9.73. The van der Waals surface area contributed by atoms with Crippen LogP contribution in [0.2, 0.25) is 0 Å². The highest BCUT2D eigenvalue weighted by Crippen LogP contribution is 2.44. The van der Waals surface area contributed by atoms with Gasteiger partial charge in [0.15, 0.2) is 0 Å². The maximum absolute atomic E-state index is 12.7. The lowest BCUT2D eigenvalue weighted by molar-refractivity contribution is -0.142. The zero-order valence-electron chi connectivity index (χ0n) is 16.9. The topological polar surface area (TPSA) is 84.7 Å². The summed E-state index contributed by atoms with van der Waals surface area (Å²) in [5, 5.41) is 9.62. The predicted octanol–water partition coefficient (Wildman–Crippen LogP) is 3.30. The van der Waals surface area contributed by atoms with Crippen LogP contribution in [0.15, 0.2) is 61.1 Å². The van der Waals surface area contributed by atoms with Crippen LogP contribution < -0.4 is 0 Å². The molecule has 1 heterocycles. The third-order valence-corrected chi connectivity index (χ3v) is 5.54. The molecule has 4 rings (SSSR count). The maximum Gasteiger partial charge on any atom is 0.410 e. The quantitative estimate of drug-likeness (QED) is 0.680. The number of carboxylic acids is 1. The van der Waals surface area contributed by atoms with E-state index in [4.69, 9.17) is 4.74 Å². The van der Waals surface area contributed by atoms with Crippen LogP contribution in [0.25, 0.3) is 11.1 Å². The predicted molar refractivity (Wildman–Crippen MR) is 111 cm³/mol. The average Bonchev–Trinajstić information content (AvgIpc) is 3.30. The first-order chi connectivity index (χ1) is 14.5. The largest absolute Gasteiger partial charge is 0.480 e. The van der Waals surface area contributed by atoms with Crippen LogP contribution in [0.1, 0.15) is 22.7 Å². The van der Waals surface area contributed by atoms with Crippen molar-refractivity contribution in [3.63, 3.8) is 0 Å². The number of fused-ring (bicyclic) bond motifs is 3. The van der Waals surface area contributed by atoms with Gasteiger partial charge in [-0.25, -0.2) is 14.6 Å². The molecule has 0 aliphatic heterocycles. The van der Waals surface area contributed by atoms with Crippen molar-refractivity contribution in [2.45, 2.75) is 18.4 Å². The minimum atomic E-state index is -1.10. The number of hydrogen-bond donors (Lipinski definition) is 1. The third kappa shape index (κ3) is 3.66. The fraction of sp³-hybridized carbons (Fsp3) is 0.261. The molecule has 1 aliphatic carbocycles. The van der Waals surface area contributed by atoms with Crippen molar-refractivity contribution in [1.82, 2.24) is 14.5 Å². The van der Waals surface area contributed by atoms with Crippen LogP contribution in [0, 0.1) is 0 Å². The Labute approximate surface area is 174 Å². The molecule has 7 nitrogen and oxygen atoms in total. The summed E-state index contributed by atoms with van der Waals surface area (Å²) < 4.78 is 7.31. The lowest BCUT2D eigenvalue weighted by Gasteiger charge is -2.24. The van der Waals surface area contributed by atoms with E-state index in [1.54, 1.807) is 17.1 Å². The van der Waals surface area contributed by atoms with Crippen LogP contribution in [-0.2, 0) is 23.0 Å². The first-order valence-corrected chi connectivity index (χ1v) is 9.73. The summed E-state index contributed by atoms with van der Waals surface area (Å²) >= 11 is 0. The van der Waals surface area contributed by atoms with Crippen molar-refractivity contribution in [1.29, 1.82) is 0 Å². The van der Waals surface area contributed by atoms with Crippen molar-refractivity contribution in [3.05, 3.63) is 77.9 Å². The third-order valence-electron chi connectivity index (χ3n) is 5.54. The highest BCUT2D eigenvalue weighted by molar-refractivity contribution is 5.81. The number of carbonyl (C=O) groups is 2. The summed E-state index contributed by atoms with van der Waals surface area (Å²) in [4.78, 5) is 29.7. The van der Waals surface area contributed by atoms with Crippen LogP contribution in [0.3, 0.4) is 0 Å². The minimum absolute atomic E-state index is 0.0752. The van der Waals surface area contributed by atoms with Crippen LogP contribution >= 0.6 is 0 Å². The second-order valence-corrected chi connectivity index (χ2v) is 7.50. The van der Waals surface area contributed by atoms with E-state index in [2.05, 4.69) is 17.1 Å². The van der Waals surface area contributed by atoms with Gasteiger partial charge in [0.2, 0.25) is 0 Å². The minimum Gasteiger partial charge on any atom is -0.480 e. The van der Waals surface area contributed by atoms with Crippen LogP contribution in [0.4, 0.5) is 4.79 Å². The molecule has 30 heavy (non-hydrogen) atoms. The number of hydrogen-bond acceptors (Lipinski definition) is 4. The molecular weight excluding hydrogens is 382 g/mol. The Morgan fingerprint density at radius 2 is 1.73 bits per heavy atom. The Bertz CT molecular complexity index is 1050. The van der Waals surface area contributed by atoms with Gasteiger partial charge in [-0.05, 0) is 22.3 Å². The molecule has 0 fully saturated rings. The number of carboxylic acid groups (broad SMARTS) is 1. The molecule has 154 valence electrons. The number of aromatic nitrogens is 2. The van der Waals surface area contributed by atoms with Gasteiger partial charge in [0.1, 0.15) is 12.6 Å². The molecule has 0 bridgehead atoms. The number of aliphatic carboxylic acids is 1. The molecule has 3 aromatic rings. The SMILES string of the molecule is CN(C(=O)OCC1c2ccccc2-c2ccccc21)[C@@H](Cc1cn(C)cn1)C(=O)O. The molecule has 0 unspecified atom stereocenters. The standard InChI is InChI=1S/C23H23N3O4/c1-25-12-15(24-14-25)11-21(22(27)28)26(2)23(29)30-13-20-18-9-5-3-7-16(18)17-8-4-6-10-19(17)20/h3-10,12,14,20-21H,11,13H2,1-2H3,(H,27,28)/t21-/m0/s1. The molecule has 1 aliphatic rings. The number of likely N-dealkylation sites (N-methyl/N-ethyl adjacent to an activating group) is 1. The average molecular weight is 405 g/mol. The molecule has 1 amide bonds. The number of benzene rings is 2. The smallest absolute Gasteiger partial charge is 0.410 e. The Kier molecular flexibility index (Phi) is 5.27. The monoisotopic (exact) mass is 405 g/mol. The molecular formula is C23H23N3O4. The van der Waals surface area contributed by atoms with Gasteiger partial charge < -0.3 is 14.4 Å². The van der Waals surface area contributed by atoms with E-state index in [0.29, 0.717) is 5.69 Å². The molecule has 0 saturated heterocycles. The molecule has 1 atom stereocenters. The van der Waals surface area contributed by atoms with Crippen molar-refractivity contribution < 1.29 is 19.4 Å². The Hall–Kier alpha value is -3.61. The van der Waals surface area contributed by atoms with Gasteiger partial charge >= 0.3 is 12.1 Å². The first kappa shape index (κ1) is 19.7. The van der Waals surface area contributed by atoms with Gasteiger partial charge in [0.05, 0.1) is 12.0 Å². The van der Waals surface area contributed by atoms with Gasteiger partial charge in [-0.3, -0.25) is 4.90 Å². The highest BCUT2D eigenvalue weighted by atomic mass is 16.6. The summed E-state index contributed by atoms with van der Waals surface area (Å²) in [5.41, 5.74) is 5.10. The molecule has 0 spiro atoms. The molecule has 0 saturated carbocycles. The summed E-state index contributed by atoms with van der Waals surface area (Å²) in [6.07, 6.45) is 2.78. The number of ether oxygens (including phenoxy) is 1. The number of carbonyl (C=O) groups excluding carboxylic acids is 1.